The molecular formula is C18H20ClN4O3+. The standard InChI is InChI=1S/C18H19ClN4O3/c19-14-2-1-3-17(12-14)22-10-8-21(9-11-22)13-18(24)20-15-4-6-16(7-5-15)23(25)26/h1-7,12H,8-11,13H2,(H,20,24)/p+1. The van der Waals surface area contributed by atoms with Gasteiger partial charge in [-0.25, -0.2) is 0 Å². The Morgan fingerprint density at radius 2 is 1.88 bits per heavy atom. The molecule has 0 radical (unpaired) electrons. The van der Waals surface area contributed by atoms with Gasteiger partial charge in [0.05, 0.1) is 31.1 Å². The number of piperazine rings is 1. The molecule has 0 saturated carbocycles. The molecule has 3 rings (SSSR count). The Kier molecular flexibility index (Phi) is 5.70. The zero-order valence-electron chi connectivity index (χ0n) is 14.2. The van der Waals surface area contributed by atoms with Gasteiger partial charge in [-0.15, -0.1) is 0 Å². The third kappa shape index (κ3) is 4.71. The van der Waals surface area contributed by atoms with Gasteiger partial charge in [-0.3, -0.25) is 14.9 Å². The molecule has 0 bridgehead atoms. The van der Waals surface area contributed by atoms with Crippen LogP contribution in [0, 0.1) is 10.1 Å². The number of rotatable bonds is 5. The molecule has 0 aliphatic carbocycles. The van der Waals surface area contributed by atoms with E-state index in [1.54, 1.807) is 12.1 Å². The van der Waals surface area contributed by atoms with Crippen molar-refractivity contribution in [2.45, 2.75) is 0 Å². The summed E-state index contributed by atoms with van der Waals surface area (Å²) < 4.78 is 0. The van der Waals surface area contributed by atoms with Gasteiger partial charge in [0.1, 0.15) is 0 Å². The third-order valence-electron chi connectivity index (χ3n) is 4.42. The first-order valence-electron chi connectivity index (χ1n) is 8.39. The van der Waals surface area contributed by atoms with E-state index >= 15 is 0 Å². The number of carbonyl (C=O) groups excluding carboxylic acids is 1. The minimum atomic E-state index is -0.463. The number of non-ortho nitro benzene ring substituents is 1. The van der Waals surface area contributed by atoms with Crippen LogP contribution in [-0.2, 0) is 4.79 Å². The first-order valence-corrected chi connectivity index (χ1v) is 8.77. The predicted octanol–water partition coefficient (Wildman–Crippen LogP) is 1.59. The molecule has 2 N–H and O–H groups in total. The molecule has 1 aliphatic heterocycles. The summed E-state index contributed by atoms with van der Waals surface area (Å²) in [6.07, 6.45) is 0. The first-order chi connectivity index (χ1) is 12.5. The molecule has 2 aromatic carbocycles. The second-order valence-corrected chi connectivity index (χ2v) is 6.68. The fourth-order valence-electron chi connectivity index (χ4n) is 3.03. The van der Waals surface area contributed by atoms with Crippen LogP contribution in [0.2, 0.25) is 5.02 Å². The van der Waals surface area contributed by atoms with Crippen molar-refractivity contribution >= 4 is 34.6 Å². The highest BCUT2D eigenvalue weighted by Gasteiger charge is 2.22. The normalized spacial score (nSPS) is 14.9. The lowest BCUT2D eigenvalue weighted by molar-refractivity contribution is -0.892. The average molecular weight is 376 g/mol. The van der Waals surface area contributed by atoms with Crippen LogP contribution in [0.5, 0.6) is 0 Å². The number of nitro groups is 1. The Labute approximate surface area is 156 Å². The van der Waals surface area contributed by atoms with Crippen LogP contribution in [0.1, 0.15) is 0 Å². The largest absolute Gasteiger partial charge is 0.360 e. The van der Waals surface area contributed by atoms with Crippen molar-refractivity contribution in [1.82, 2.24) is 0 Å². The second-order valence-electron chi connectivity index (χ2n) is 6.25. The van der Waals surface area contributed by atoms with Gasteiger partial charge in [-0.1, -0.05) is 17.7 Å². The Morgan fingerprint density at radius 1 is 1.19 bits per heavy atom. The quantitative estimate of drug-likeness (QED) is 0.614. The minimum absolute atomic E-state index is 0.00533. The van der Waals surface area contributed by atoms with Crippen LogP contribution in [0.25, 0.3) is 0 Å². The molecule has 0 atom stereocenters. The van der Waals surface area contributed by atoms with Gasteiger partial charge in [0.25, 0.3) is 11.6 Å². The van der Waals surface area contributed by atoms with Gasteiger partial charge in [-0.05, 0) is 30.3 Å². The van der Waals surface area contributed by atoms with E-state index in [1.807, 2.05) is 24.3 Å². The summed E-state index contributed by atoms with van der Waals surface area (Å²) in [5, 5.41) is 14.2. The van der Waals surface area contributed by atoms with Gasteiger partial charge >= 0.3 is 0 Å². The molecule has 2 aromatic rings. The lowest BCUT2D eigenvalue weighted by atomic mass is 10.2. The second kappa shape index (κ2) is 8.16. The molecule has 0 aromatic heterocycles. The summed E-state index contributed by atoms with van der Waals surface area (Å²) in [5.74, 6) is -0.0925. The van der Waals surface area contributed by atoms with Gasteiger partial charge in [0.2, 0.25) is 0 Å². The molecule has 26 heavy (non-hydrogen) atoms. The summed E-state index contributed by atoms with van der Waals surface area (Å²) in [5.41, 5.74) is 1.68. The summed E-state index contributed by atoms with van der Waals surface area (Å²) in [6.45, 7) is 3.82. The number of halogens is 1. The highest BCUT2D eigenvalue weighted by atomic mass is 35.5. The van der Waals surface area contributed by atoms with Crippen LogP contribution in [0.4, 0.5) is 17.1 Å². The van der Waals surface area contributed by atoms with Crippen molar-refractivity contribution in [2.75, 3.05) is 42.9 Å². The highest BCUT2D eigenvalue weighted by Crippen LogP contribution is 2.19. The number of benzene rings is 2. The Morgan fingerprint density at radius 3 is 2.50 bits per heavy atom. The fraction of sp³-hybridized carbons (Fsp3) is 0.278. The summed E-state index contributed by atoms with van der Waals surface area (Å²) in [7, 11) is 0. The fourth-order valence-corrected chi connectivity index (χ4v) is 3.21. The zero-order valence-corrected chi connectivity index (χ0v) is 14.9. The number of amides is 1. The Balaban J connectivity index is 1.48. The number of nitrogens with one attached hydrogen (secondary N) is 2. The van der Waals surface area contributed by atoms with E-state index in [-0.39, 0.29) is 11.6 Å². The van der Waals surface area contributed by atoms with Crippen molar-refractivity contribution in [3.8, 4) is 0 Å². The van der Waals surface area contributed by atoms with E-state index < -0.39 is 4.92 Å². The highest BCUT2D eigenvalue weighted by molar-refractivity contribution is 6.30. The lowest BCUT2D eigenvalue weighted by Crippen LogP contribution is -3.15. The molecule has 7 nitrogen and oxygen atoms in total. The Hall–Kier alpha value is -2.64. The number of nitrogens with zero attached hydrogens (tertiary/aromatic N) is 2. The van der Waals surface area contributed by atoms with E-state index in [1.165, 1.54) is 17.0 Å². The van der Waals surface area contributed by atoms with Crippen molar-refractivity contribution in [3.05, 3.63) is 63.7 Å². The number of nitro benzene ring substituents is 1. The van der Waals surface area contributed by atoms with Crippen LogP contribution in [0.3, 0.4) is 0 Å². The molecule has 1 amide bonds. The molecule has 136 valence electrons. The average Bonchev–Trinajstić information content (AvgIpc) is 2.62. The first kappa shape index (κ1) is 18.2. The van der Waals surface area contributed by atoms with Crippen LogP contribution >= 0.6 is 11.6 Å². The van der Waals surface area contributed by atoms with Crippen LogP contribution in [0.15, 0.2) is 48.5 Å². The summed E-state index contributed by atoms with van der Waals surface area (Å²) >= 11 is 6.04. The predicted molar refractivity (Wildman–Crippen MR) is 101 cm³/mol. The molecule has 8 heteroatoms. The SMILES string of the molecule is O=C(C[NH+]1CCN(c2cccc(Cl)c2)CC1)Nc1ccc([N+](=O)[O-])cc1. The topological polar surface area (TPSA) is 79.9 Å². The number of quaternary nitrogens is 1. The van der Waals surface area contributed by atoms with Gasteiger partial charge in [-0.2, -0.15) is 0 Å². The van der Waals surface area contributed by atoms with E-state index in [9.17, 15) is 14.9 Å². The molecule has 1 aliphatic rings. The van der Waals surface area contributed by atoms with Crippen LogP contribution < -0.4 is 15.1 Å². The minimum Gasteiger partial charge on any atom is -0.360 e. The maximum atomic E-state index is 12.2. The number of anilines is 2. The smallest absolute Gasteiger partial charge is 0.279 e. The maximum absolute atomic E-state index is 12.2. The number of carbonyl (C=O) groups is 1. The molecular weight excluding hydrogens is 356 g/mol. The number of hydrogen-bond donors (Lipinski definition) is 2. The third-order valence-corrected chi connectivity index (χ3v) is 4.65. The van der Waals surface area contributed by atoms with Gasteiger partial charge in [0.15, 0.2) is 6.54 Å². The van der Waals surface area contributed by atoms with Crippen molar-refractivity contribution in [2.24, 2.45) is 0 Å². The van der Waals surface area contributed by atoms with E-state index in [0.717, 1.165) is 36.9 Å². The van der Waals surface area contributed by atoms with E-state index in [0.29, 0.717) is 12.2 Å². The van der Waals surface area contributed by atoms with E-state index in [2.05, 4.69) is 10.2 Å². The molecule has 1 heterocycles. The summed E-state index contributed by atoms with van der Waals surface area (Å²) in [4.78, 5) is 25.9. The molecule has 0 unspecified atom stereocenters. The molecule has 1 saturated heterocycles. The summed E-state index contributed by atoms with van der Waals surface area (Å²) in [6, 6.07) is 13.6. The number of hydrogen-bond acceptors (Lipinski definition) is 4. The van der Waals surface area contributed by atoms with Gasteiger partial charge in [0, 0.05) is 28.5 Å². The molecule has 1 fully saturated rings. The Bertz CT molecular complexity index is 789. The monoisotopic (exact) mass is 375 g/mol. The lowest BCUT2D eigenvalue weighted by Gasteiger charge is -2.33. The molecule has 0 spiro atoms. The van der Waals surface area contributed by atoms with Crippen molar-refractivity contribution < 1.29 is 14.6 Å². The van der Waals surface area contributed by atoms with E-state index in [4.69, 9.17) is 11.6 Å². The zero-order chi connectivity index (χ0) is 18.5. The van der Waals surface area contributed by atoms with Gasteiger partial charge < -0.3 is 15.1 Å². The van der Waals surface area contributed by atoms with Crippen LogP contribution in [-0.4, -0.2) is 43.6 Å². The van der Waals surface area contributed by atoms with Crippen molar-refractivity contribution in [1.29, 1.82) is 0 Å². The maximum Gasteiger partial charge on any atom is 0.279 e. The van der Waals surface area contributed by atoms with Crippen molar-refractivity contribution in [3.63, 3.8) is 0 Å².